The van der Waals surface area contributed by atoms with Gasteiger partial charge < -0.3 is 14.5 Å². The molecule has 0 radical (unpaired) electrons. The number of halogens is 9. The second-order valence-electron chi connectivity index (χ2n) is 12.3. The average molecular weight is 689 g/mol. The van der Waals surface area contributed by atoms with Gasteiger partial charge in [-0.2, -0.15) is 31.1 Å². The number of allylic oxidation sites excluding steroid dienone is 2. The summed E-state index contributed by atoms with van der Waals surface area (Å²) < 4.78 is 127. The third kappa shape index (κ3) is 6.67. The zero-order valence-corrected chi connectivity index (χ0v) is 25.4. The quantitative estimate of drug-likeness (QED) is 0.188. The Morgan fingerprint density at radius 3 is 2.15 bits per heavy atom. The van der Waals surface area contributed by atoms with Crippen LogP contribution in [0.25, 0.3) is 0 Å². The number of alkyl halides is 9. The summed E-state index contributed by atoms with van der Waals surface area (Å²) in [6.45, 7) is 1.19. The Kier molecular flexibility index (Phi) is 8.38. The standard InChI is InChI=1S/C31H29F9N6O2/c1-3-21-13-26(45(28-41-43-44(2)42-28)15-17-9-19(29(32,33)34)12-20(10-17)30(35,36)37)24-14-22(48-31(38,39)40)6-7-25(24)46(21)27(47)23-11-16-4-5-18(23)8-16/h4-7,9-10,12,14,16,18,21,23,26H,3,8,11,13,15H2,1-2H3/t16-,18?,21?,23-,26?/m1/s1. The molecule has 0 saturated heterocycles. The molecular formula is C31H29F9N6O2. The number of hydrogen-bond acceptors (Lipinski definition) is 6. The number of benzene rings is 2. The molecule has 2 aromatic carbocycles. The van der Waals surface area contributed by atoms with Crippen LogP contribution in [0.2, 0.25) is 0 Å². The number of carbonyl (C=O) groups is 1. The van der Waals surface area contributed by atoms with Gasteiger partial charge in [0.05, 0.1) is 24.2 Å². The van der Waals surface area contributed by atoms with Crippen molar-refractivity contribution in [2.45, 2.75) is 70.0 Å². The Morgan fingerprint density at radius 1 is 0.938 bits per heavy atom. The van der Waals surface area contributed by atoms with Crippen molar-refractivity contribution in [1.82, 2.24) is 20.2 Å². The van der Waals surface area contributed by atoms with E-state index in [4.69, 9.17) is 0 Å². The Bertz CT molecular complexity index is 1690. The van der Waals surface area contributed by atoms with Gasteiger partial charge in [0, 0.05) is 29.8 Å². The summed E-state index contributed by atoms with van der Waals surface area (Å²) in [6.07, 6.45) is -9.40. The SMILES string of the molecule is CCC1CC(N(Cc2cc(C(F)(F)F)cc(C(F)(F)F)c2)c2nnn(C)n2)c2cc(OC(F)(F)F)ccc2N1C(=O)[C@@H]1C[C@@H]2C=CC1C2. The summed E-state index contributed by atoms with van der Waals surface area (Å²) in [4.78, 5) is 18.0. The molecule has 48 heavy (non-hydrogen) atoms. The van der Waals surface area contributed by atoms with Crippen molar-refractivity contribution in [3.63, 3.8) is 0 Å². The van der Waals surface area contributed by atoms with Crippen LogP contribution in [0.5, 0.6) is 5.75 Å². The number of tetrazole rings is 1. The van der Waals surface area contributed by atoms with Crippen molar-refractivity contribution in [3.05, 3.63) is 70.8 Å². The maximum Gasteiger partial charge on any atom is 0.573 e. The van der Waals surface area contributed by atoms with Crippen LogP contribution in [-0.4, -0.2) is 38.5 Å². The van der Waals surface area contributed by atoms with Crippen LogP contribution in [0, 0.1) is 17.8 Å². The van der Waals surface area contributed by atoms with Crippen molar-refractivity contribution in [2.24, 2.45) is 24.8 Å². The van der Waals surface area contributed by atoms with E-state index in [1.54, 1.807) is 4.90 Å². The van der Waals surface area contributed by atoms with E-state index < -0.39 is 59.8 Å². The number of rotatable bonds is 7. The highest BCUT2D eigenvalue weighted by molar-refractivity contribution is 5.98. The molecule has 8 nitrogen and oxygen atoms in total. The first kappa shape index (κ1) is 33.6. The van der Waals surface area contributed by atoms with E-state index in [0.29, 0.717) is 25.0 Å². The van der Waals surface area contributed by atoms with E-state index in [9.17, 15) is 44.3 Å². The molecule has 1 amide bonds. The molecule has 2 aliphatic carbocycles. The number of hydrogen-bond donors (Lipinski definition) is 0. The van der Waals surface area contributed by atoms with Crippen LogP contribution in [-0.2, 0) is 30.7 Å². The average Bonchev–Trinajstić information content (AvgIpc) is 3.75. The largest absolute Gasteiger partial charge is 0.573 e. The number of amides is 1. The van der Waals surface area contributed by atoms with E-state index in [-0.39, 0.29) is 53.3 Å². The molecule has 3 aliphatic rings. The highest BCUT2D eigenvalue weighted by atomic mass is 19.4. The zero-order valence-electron chi connectivity index (χ0n) is 25.4. The molecule has 3 aromatic rings. The van der Waals surface area contributed by atoms with Gasteiger partial charge in [0.15, 0.2) is 0 Å². The Hall–Kier alpha value is -4.31. The zero-order chi connectivity index (χ0) is 34.8. The van der Waals surface area contributed by atoms with Crippen molar-refractivity contribution in [3.8, 4) is 5.75 Å². The molecule has 1 aliphatic heterocycles. The van der Waals surface area contributed by atoms with E-state index >= 15 is 0 Å². The summed E-state index contributed by atoms with van der Waals surface area (Å²) in [5.74, 6) is -1.13. The highest BCUT2D eigenvalue weighted by Gasteiger charge is 2.47. The normalized spacial score (nSPS) is 23.8. The maximum absolute atomic E-state index is 14.2. The van der Waals surface area contributed by atoms with Crippen LogP contribution >= 0.6 is 0 Å². The lowest BCUT2D eigenvalue weighted by Gasteiger charge is -2.45. The second kappa shape index (κ2) is 12.0. The maximum atomic E-state index is 14.2. The van der Waals surface area contributed by atoms with Crippen molar-refractivity contribution in [2.75, 3.05) is 9.80 Å². The number of aromatic nitrogens is 4. The van der Waals surface area contributed by atoms with Gasteiger partial charge in [0.25, 0.3) is 5.95 Å². The number of nitrogens with zero attached hydrogens (tertiary/aromatic N) is 6. The third-order valence-electron chi connectivity index (χ3n) is 9.15. The number of fused-ring (bicyclic) bond motifs is 3. The van der Waals surface area contributed by atoms with Crippen LogP contribution < -0.4 is 14.5 Å². The van der Waals surface area contributed by atoms with E-state index in [0.717, 1.165) is 23.4 Å². The highest BCUT2D eigenvalue weighted by Crippen LogP contribution is 2.49. The van der Waals surface area contributed by atoms with Gasteiger partial charge in [-0.15, -0.1) is 18.3 Å². The van der Waals surface area contributed by atoms with Crippen LogP contribution in [0.15, 0.2) is 48.6 Å². The van der Waals surface area contributed by atoms with Gasteiger partial charge >= 0.3 is 18.7 Å². The lowest BCUT2D eigenvalue weighted by atomic mass is 9.85. The Labute approximate surface area is 268 Å². The first-order valence-corrected chi connectivity index (χ1v) is 15.1. The minimum Gasteiger partial charge on any atom is -0.406 e. The van der Waals surface area contributed by atoms with E-state index in [1.807, 2.05) is 13.0 Å². The molecule has 2 heterocycles. The van der Waals surface area contributed by atoms with Gasteiger partial charge in [-0.05, 0) is 84.7 Å². The molecule has 258 valence electrons. The van der Waals surface area contributed by atoms with Crippen LogP contribution in [0.3, 0.4) is 0 Å². The fourth-order valence-electron chi connectivity index (χ4n) is 7.11. The summed E-state index contributed by atoms with van der Waals surface area (Å²) >= 11 is 0. The third-order valence-corrected chi connectivity index (χ3v) is 9.15. The van der Waals surface area contributed by atoms with Crippen LogP contribution in [0.1, 0.15) is 60.9 Å². The van der Waals surface area contributed by atoms with Gasteiger partial charge in [0.2, 0.25) is 5.91 Å². The number of aryl methyl sites for hydroxylation is 1. The van der Waals surface area contributed by atoms with Gasteiger partial charge in [-0.1, -0.05) is 24.2 Å². The number of carbonyl (C=O) groups excluding carboxylic acids is 1. The summed E-state index contributed by atoms with van der Waals surface area (Å²) in [7, 11) is 1.39. The fourth-order valence-corrected chi connectivity index (χ4v) is 7.11. The predicted molar refractivity (Wildman–Crippen MR) is 152 cm³/mol. The molecule has 2 bridgehead atoms. The molecular weight excluding hydrogens is 659 g/mol. The molecule has 1 aromatic heterocycles. The van der Waals surface area contributed by atoms with E-state index in [2.05, 4.69) is 26.2 Å². The van der Waals surface area contributed by atoms with E-state index in [1.165, 1.54) is 18.0 Å². The van der Waals surface area contributed by atoms with Gasteiger partial charge in [0.1, 0.15) is 5.75 Å². The molecule has 3 unspecified atom stereocenters. The molecule has 1 saturated carbocycles. The Balaban J connectivity index is 1.48. The molecule has 1 fully saturated rings. The molecule has 5 atom stereocenters. The molecule has 0 spiro atoms. The monoisotopic (exact) mass is 688 g/mol. The minimum absolute atomic E-state index is 0.00650. The minimum atomic E-state index is -5.12. The second-order valence-corrected chi connectivity index (χ2v) is 12.3. The summed E-state index contributed by atoms with van der Waals surface area (Å²) in [5, 5.41) is 11.9. The number of ether oxygens (including phenoxy) is 1. The lowest BCUT2D eigenvalue weighted by molar-refractivity contribution is -0.274. The first-order valence-electron chi connectivity index (χ1n) is 15.1. The topological polar surface area (TPSA) is 76.4 Å². The van der Waals surface area contributed by atoms with Crippen molar-refractivity contribution in [1.29, 1.82) is 0 Å². The number of anilines is 2. The fraction of sp³-hybridized carbons (Fsp3) is 0.484. The molecule has 0 N–H and O–H groups in total. The van der Waals surface area contributed by atoms with Gasteiger partial charge in [-0.25, -0.2) is 0 Å². The summed E-state index contributed by atoms with van der Waals surface area (Å²) in [5.41, 5.74) is -3.10. The van der Waals surface area contributed by atoms with Crippen molar-refractivity contribution < 1.29 is 49.0 Å². The molecule has 17 heteroatoms. The Morgan fingerprint density at radius 2 is 1.62 bits per heavy atom. The van der Waals surface area contributed by atoms with Crippen molar-refractivity contribution >= 4 is 17.5 Å². The first-order chi connectivity index (χ1) is 22.4. The lowest BCUT2D eigenvalue weighted by Crippen LogP contribution is -2.50. The molecule has 6 rings (SSSR count). The van der Waals surface area contributed by atoms with Crippen LogP contribution in [0.4, 0.5) is 51.1 Å². The predicted octanol–water partition coefficient (Wildman–Crippen LogP) is 7.62. The van der Waals surface area contributed by atoms with Gasteiger partial charge in [-0.3, -0.25) is 4.79 Å². The smallest absolute Gasteiger partial charge is 0.406 e. The summed E-state index contributed by atoms with van der Waals surface area (Å²) in [6, 6.07) is 3.04.